The number of nitriles is 1. The molecule has 5 nitrogen and oxygen atoms in total. The maximum Gasteiger partial charge on any atom is 0.416 e. The van der Waals surface area contributed by atoms with Gasteiger partial charge >= 0.3 is 12.1 Å². The molecular weight excluding hydrogens is 343 g/mol. The van der Waals surface area contributed by atoms with Gasteiger partial charge in [-0.3, -0.25) is 0 Å². The number of halogens is 3. The van der Waals surface area contributed by atoms with Crippen molar-refractivity contribution in [3.05, 3.63) is 41.2 Å². The largest absolute Gasteiger partial charge is 0.464 e. The zero-order chi connectivity index (χ0) is 18.1. The molecule has 0 aliphatic rings. The molecule has 0 aliphatic heterocycles. The number of alkyl halides is 3. The number of nitrogens with zero attached hydrogens (tertiary/aromatic N) is 2. The second-order valence-electron chi connectivity index (χ2n) is 4.66. The van der Waals surface area contributed by atoms with E-state index >= 15 is 0 Å². The Hall–Kier alpha value is -2.60. The Bertz CT molecular complexity index is 838. The minimum Gasteiger partial charge on any atom is -0.464 e. The molecule has 0 fully saturated rings. The fraction of sp³-hybridized carbons (Fsp3) is 0.200. The summed E-state index contributed by atoms with van der Waals surface area (Å²) in [4.78, 5) is 12.5. The zero-order valence-corrected chi connectivity index (χ0v) is 13.5. The van der Waals surface area contributed by atoms with Gasteiger partial charge in [0.2, 0.25) is 0 Å². The van der Waals surface area contributed by atoms with Gasteiger partial charge in [-0.2, -0.15) is 18.4 Å². The van der Waals surface area contributed by atoms with Crippen molar-refractivity contribution in [3.63, 3.8) is 0 Å². The first kappa shape index (κ1) is 17.7. The molecule has 0 spiro atoms. The number of rotatable bonds is 3. The average Bonchev–Trinajstić information content (AvgIpc) is 2.89. The number of anilines is 1. The predicted octanol–water partition coefficient (Wildman–Crippen LogP) is 3.46. The van der Waals surface area contributed by atoms with Crippen LogP contribution in [-0.4, -0.2) is 23.9 Å². The van der Waals surface area contributed by atoms with Crippen molar-refractivity contribution >= 4 is 23.4 Å². The van der Waals surface area contributed by atoms with Crippen molar-refractivity contribution in [2.24, 2.45) is 0 Å². The highest BCUT2D eigenvalue weighted by atomic mass is 32.2. The number of hydrogen-bond donors (Lipinski definition) is 1. The van der Waals surface area contributed by atoms with Gasteiger partial charge in [0.25, 0.3) is 0 Å². The van der Waals surface area contributed by atoms with Crippen LogP contribution in [-0.2, 0) is 10.9 Å². The van der Waals surface area contributed by atoms with Crippen LogP contribution < -0.4 is 5.73 Å². The number of carbonyl (C=O) groups excluding carboxylic acids is 1. The lowest BCUT2D eigenvalue weighted by Crippen LogP contribution is -2.13. The smallest absolute Gasteiger partial charge is 0.416 e. The number of aromatic nitrogens is 1. The first-order valence-corrected chi connectivity index (χ1v) is 7.71. The molecule has 0 atom stereocenters. The summed E-state index contributed by atoms with van der Waals surface area (Å²) in [5, 5.41) is 9.09. The summed E-state index contributed by atoms with van der Waals surface area (Å²) in [6, 6.07) is 4.95. The highest BCUT2D eigenvalue weighted by molar-refractivity contribution is 7.98. The molecule has 2 rings (SSSR count). The summed E-state index contributed by atoms with van der Waals surface area (Å²) >= 11 is 1.20. The minimum atomic E-state index is -4.55. The van der Waals surface area contributed by atoms with Crippen LogP contribution in [0.1, 0.15) is 21.6 Å². The topological polar surface area (TPSA) is 81.0 Å². The Labute approximate surface area is 139 Å². The number of esters is 1. The molecule has 2 aromatic rings. The summed E-state index contributed by atoms with van der Waals surface area (Å²) in [5.41, 5.74) is 4.62. The van der Waals surface area contributed by atoms with Crippen molar-refractivity contribution in [3.8, 4) is 11.8 Å². The normalized spacial score (nSPS) is 11.2. The third kappa shape index (κ3) is 3.05. The zero-order valence-electron chi connectivity index (χ0n) is 12.6. The number of ether oxygens (including phenoxy) is 1. The molecule has 0 amide bonds. The van der Waals surface area contributed by atoms with E-state index < -0.39 is 17.7 Å². The van der Waals surface area contributed by atoms with Crippen molar-refractivity contribution in [2.45, 2.75) is 11.1 Å². The second-order valence-corrected chi connectivity index (χ2v) is 5.51. The van der Waals surface area contributed by atoms with Gasteiger partial charge in [-0.15, -0.1) is 11.8 Å². The maximum atomic E-state index is 13.0. The molecule has 0 radical (unpaired) electrons. The van der Waals surface area contributed by atoms with E-state index in [1.54, 1.807) is 12.3 Å². The van der Waals surface area contributed by atoms with Crippen molar-refractivity contribution < 1.29 is 22.7 Å². The number of thioether (sulfide) groups is 1. The number of benzene rings is 1. The molecule has 0 bridgehead atoms. The lowest BCUT2D eigenvalue weighted by atomic mass is 10.2. The molecule has 0 saturated carbocycles. The van der Waals surface area contributed by atoms with Crippen LogP contribution in [0.25, 0.3) is 5.69 Å². The summed E-state index contributed by atoms with van der Waals surface area (Å²) in [5.74, 6) is -0.849. The monoisotopic (exact) mass is 355 g/mol. The van der Waals surface area contributed by atoms with Gasteiger partial charge in [0.1, 0.15) is 6.07 Å². The molecule has 0 saturated heterocycles. The predicted molar refractivity (Wildman–Crippen MR) is 83.0 cm³/mol. The maximum absolute atomic E-state index is 13.0. The quantitative estimate of drug-likeness (QED) is 0.674. The van der Waals surface area contributed by atoms with Gasteiger partial charge < -0.3 is 15.0 Å². The number of methoxy groups -OCH3 is 1. The highest BCUT2D eigenvalue weighted by Crippen LogP contribution is 2.36. The van der Waals surface area contributed by atoms with Gasteiger partial charge in [0.15, 0.2) is 5.69 Å². The fourth-order valence-corrected chi connectivity index (χ4v) is 2.73. The third-order valence-electron chi connectivity index (χ3n) is 3.31. The number of carbonyl (C=O) groups is 1. The van der Waals surface area contributed by atoms with Crippen molar-refractivity contribution in [1.29, 1.82) is 5.26 Å². The van der Waals surface area contributed by atoms with E-state index in [1.165, 1.54) is 24.0 Å². The van der Waals surface area contributed by atoms with Crippen LogP contribution in [0, 0.1) is 11.3 Å². The summed E-state index contributed by atoms with van der Waals surface area (Å²) < 4.78 is 44.8. The molecule has 9 heteroatoms. The Morgan fingerprint density at radius 3 is 2.58 bits per heavy atom. The van der Waals surface area contributed by atoms with E-state index in [1.807, 2.05) is 0 Å². The summed E-state index contributed by atoms with van der Waals surface area (Å²) in [6.45, 7) is 0. The molecule has 126 valence electrons. The standard InChI is InChI=1S/C15H12F3N3O2S/c1-23-14(22)13-12(20)8(6-19)7-21(13)10-5-9(15(16,17)18)3-4-11(10)24-2/h3-5,7H,20H2,1-2H3. The van der Waals surface area contributed by atoms with Gasteiger partial charge in [0.05, 0.1) is 29.6 Å². The first-order chi connectivity index (χ1) is 11.2. The van der Waals surface area contributed by atoms with Crippen LogP contribution in [0.15, 0.2) is 29.3 Å². The fourth-order valence-electron chi connectivity index (χ4n) is 2.16. The van der Waals surface area contributed by atoms with Gasteiger partial charge in [-0.1, -0.05) is 0 Å². The molecule has 1 aromatic carbocycles. The molecule has 0 aliphatic carbocycles. The molecule has 2 N–H and O–H groups in total. The number of hydrogen-bond acceptors (Lipinski definition) is 5. The van der Waals surface area contributed by atoms with Crippen molar-refractivity contribution in [2.75, 3.05) is 19.1 Å². The molecule has 1 heterocycles. The SMILES string of the molecule is COC(=O)c1c(N)c(C#N)cn1-c1cc(C(F)(F)F)ccc1SC. The summed E-state index contributed by atoms with van der Waals surface area (Å²) in [6.07, 6.45) is -1.65. The van der Waals surface area contributed by atoms with Crippen LogP contribution in [0.4, 0.5) is 18.9 Å². The number of nitrogens with two attached hydrogens (primary N) is 1. The Morgan fingerprint density at radius 1 is 1.42 bits per heavy atom. The second kappa shape index (κ2) is 6.49. The van der Waals surface area contributed by atoms with Crippen LogP contribution >= 0.6 is 11.8 Å². The van der Waals surface area contributed by atoms with E-state index in [-0.39, 0.29) is 22.6 Å². The number of nitrogen functional groups attached to an aromatic ring is 1. The summed E-state index contributed by atoms with van der Waals surface area (Å²) in [7, 11) is 1.12. The van der Waals surface area contributed by atoms with Gasteiger partial charge in [-0.05, 0) is 24.5 Å². The lowest BCUT2D eigenvalue weighted by molar-refractivity contribution is -0.137. The van der Waals surface area contributed by atoms with E-state index in [0.717, 1.165) is 23.8 Å². The third-order valence-corrected chi connectivity index (χ3v) is 4.09. The van der Waals surface area contributed by atoms with E-state index in [2.05, 4.69) is 4.74 Å². The van der Waals surface area contributed by atoms with Gasteiger partial charge in [-0.25, -0.2) is 4.79 Å². The molecular formula is C15H12F3N3O2S. The van der Waals surface area contributed by atoms with Crippen LogP contribution in [0.3, 0.4) is 0 Å². The van der Waals surface area contributed by atoms with Gasteiger partial charge in [0, 0.05) is 11.1 Å². The first-order valence-electron chi connectivity index (χ1n) is 6.49. The molecule has 24 heavy (non-hydrogen) atoms. The van der Waals surface area contributed by atoms with Crippen molar-refractivity contribution in [1.82, 2.24) is 4.57 Å². The van der Waals surface area contributed by atoms with E-state index in [4.69, 9.17) is 11.0 Å². The van der Waals surface area contributed by atoms with Crippen LogP contribution in [0.5, 0.6) is 0 Å². The van der Waals surface area contributed by atoms with Crippen LogP contribution in [0.2, 0.25) is 0 Å². The minimum absolute atomic E-state index is 0.0279. The molecule has 0 unspecified atom stereocenters. The Morgan fingerprint density at radius 2 is 2.08 bits per heavy atom. The Kier molecular flexibility index (Phi) is 4.80. The Balaban J connectivity index is 2.80. The lowest BCUT2D eigenvalue weighted by Gasteiger charge is -2.15. The van der Waals surface area contributed by atoms with E-state index in [9.17, 15) is 18.0 Å². The average molecular weight is 355 g/mol. The molecule has 1 aromatic heterocycles. The highest BCUT2D eigenvalue weighted by Gasteiger charge is 2.32. The van der Waals surface area contributed by atoms with E-state index in [0.29, 0.717) is 4.90 Å².